The van der Waals surface area contributed by atoms with E-state index in [1.54, 1.807) is 11.8 Å². The van der Waals surface area contributed by atoms with Gasteiger partial charge in [0.2, 0.25) is 5.13 Å². The Bertz CT molecular complexity index is 596. The number of rotatable bonds is 14. The lowest BCUT2D eigenvalue weighted by Gasteiger charge is -2.04. The van der Waals surface area contributed by atoms with E-state index in [0.29, 0.717) is 5.13 Å². The number of hydrogen-bond acceptors (Lipinski definition) is 5. The van der Waals surface area contributed by atoms with Gasteiger partial charge >= 0.3 is 0 Å². The van der Waals surface area contributed by atoms with Gasteiger partial charge < -0.3 is 5.73 Å². The van der Waals surface area contributed by atoms with Crippen molar-refractivity contribution in [2.24, 2.45) is 0 Å². The fourth-order valence-electron chi connectivity index (χ4n) is 3.04. The van der Waals surface area contributed by atoms with Gasteiger partial charge in [-0.2, -0.15) is 0 Å². The molecule has 0 unspecified atom stereocenters. The molecule has 26 heavy (non-hydrogen) atoms. The highest BCUT2D eigenvalue weighted by atomic mass is 32.2. The number of anilines is 1. The highest BCUT2D eigenvalue weighted by Crippen LogP contribution is 2.27. The lowest BCUT2D eigenvalue weighted by molar-refractivity contribution is 0.556. The van der Waals surface area contributed by atoms with Crippen molar-refractivity contribution in [3.63, 3.8) is 0 Å². The molecule has 0 radical (unpaired) electrons. The van der Waals surface area contributed by atoms with E-state index in [1.807, 2.05) is 0 Å². The number of aromatic nitrogens is 2. The summed E-state index contributed by atoms with van der Waals surface area (Å²) in [4.78, 5) is 0. The number of thioether (sulfide) groups is 1. The van der Waals surface area contributed by atoms with Crippen LogP contribution in [0.3, 0.4) is 0 Å². The quantitative estimate of drug-likeness (QED) is 0.282. The second-order valence-corrected chi connectivity index (χ2v) is 9.17. The van der Waals surface area contributed by atoms with Crippen molar-refractivity contribution in [1.29, 1.82) is 0 Å². The lowest BCUT2D eigenvalue weighted by Crippen LogP contribution is -1.88. The maximum absolute atomic E-state index is 5.61. The topological polar surface area (TPSA) is 51.8 Å². The summed E-state index contributed by atoms with van der Waals surface area (Å²) in [5.41, 5.74) is 8.39. The van der Waals surface area contributed by atoms with Crippen LogP contribution in [0, 0.1) is 0 Å². The summed E-state index contributed by atoms with van der Waals surface area (Å²) in [6.45, 7) is 2.28. The normalized spacial score (nSPS) is 11.1. The lowest BCUT2D eigenvalue weighted by atomic mass is 10.0. The minimum Gasteiger partial charge on any atom is -0.374 e. The molecule has 0 aliphatic carbocycles. The Morgan fingerprint density at radius 1 is 0.808 bits per heavy atom. The fourth-order valence-corrected chi connectivity index (χ4v) is 4.63. The van der Waals surface area contributed by atoms with Gasteiger partial charge in [-0.1, -0.05) is 112 Å². The third-order valence-electron chi connectivity index (χ3n) is 4.63. The van der Waals surface area contributed by atoms with Crippen LogP contribution in [0.4, 0.5) is 5.13 Å². The number of nitrogen functional groups attached to an aromatic ring is 1. The van der Waals surface area contributed by atoms with E-state index in [-0.39, 0.29) is 0 Å². The van der Waals surface area contributed by atoms with Crippen LogP contribution in [0.2, 0.25) is 0 Å². The first kappa shape index (κ1) is 21.2. The van der Waals surface area contributed by atoms with E-state index >= 15 is 0 Å². The van der Waals surface area contributed by atoms with Crippen LogP contribution >= 0.6 is 23.1 Å². The first-order chi connectivity index (χ1) is 12.8. The molecule has 1 aromatic heterocycles. The second kappa shape index (κ2) is 13.2. The van der Waals surface area contributed by atoms with Crippen molar-refractivity contribution in [3.05, 3.63) is 35.4 Å². The summed E-state index contributed by atoms with van der Waals surface area (Å²) in [5.74, 6) is 0.924. The zero-order chi connectivity index (χ0) is 18.5. The van der Waals surface area contributed by atoms with Gasteiger partial charge in [-0.25, -0.2) is 0 Å². The molecule has 144 valence electrons. The maximum atomic E-state index is 5.61. The van der Waals surface area contributed by atoms with Crippen LogP contribution in [-0.2, 0) is 12.2 Å². The minimum absolute atomic E-state index is 0.541. The summed E-state index contributed by atoms with van der Waals surface area (Å²) in [5, 5.41) is 8.43. The van der Waals surface area contributed by atoms with Crippen molar-refractivity contribution in [2.75, 3.05) is 5.73 Å². The minimum atomic E-state index is 0.541. The molecular weight excluding hydrogens is 358 g/mol. The first-order valence-electron chi connectivity index (χ1n) is 10.1. The number of aryl methyl sites for hydroxylation is 1. The Morgan fingerprint density at radius 2 is 1.38 bits per heavy atom. The van der Waals surface area contributed by atoms with E-state index in [1.165, 1.54) is 93.1 Å². The highest BCUT2D eigenvalue weighted by Gasteiger charge is 2.03. The Morgan fingerprint density at radius 3 is 1.96 bits per heavy atom. The average Bonchev–Trinajstić information content (AvgIpc) is 3.08. The molecule has 0 spiro atoms. The fraction of sp³-hybridized carbons (Fsp3) is 0.619. The molecule has 0 atom stereocenters. The standard InChI is InChI=1S/C21H33N3S2/c1-2-3-4-5-6-7-8-9-10-11-12-18-13-15-19(16-14-18)17-25-21-24-23-20(22)26-21/h13-16H,2-12,17H2,1H3,(H2,22,23). The molecule has 0 saturated heterocycles. The predicted octanol–water partition coefficient (Wildman–Crippen LogP) is 6.88. The summed E-state index contributed by atoms with van der Waals surface area (Å²) in [6, 6.07) is 9.03. The SMILES string of the molecule is CCCCCCCCCCCCc1ccc(CSc2nnc(N)s2)cc1. The van der Waals surface area contributed by atoms with E-state index in [0.717, 1.165) is 10.1 Å². The van der Waals surface area contributed by atoms with E-state index in [9.17, 15) is 0 Å². The van der Waals surface area contributed by atoms with Gasteiger partial charge in [0.25, 0.3) is 0 Å². The molecule has 0 fully saturated rings. The van der Waals surface area contributed by atoms with Crippen LogP contribution < -0.4 is 5.73 Å². The molecule has 0 saturated carbocycles. The van der Waals surface area contributed by atoms with Crippen molar-refractivity contribution >= 4 is 28.2 Å². The smallest absolute Gasteiger partial charge is 0.203 e. The van der Waals surface area contributed by atoms with Gasteiger partial charge in [0, 0.05) is 5.75 Å². The monoisotopic (exact) mass is 391 g/mol. The zero-order valence-corrected chi connectivity index (χ0v) is 17.7. The van der Waals surface area contributed by atoms with Gasteiger partial charge in [-0.05, 0) is 24.0 Å². The molecule has 3 nitrogen and oxygen atoms in total. The molecular formula is C21H33N3S2. The molecule has 0 aliphatic rings. The van der Waals surface area contributed by atoms with Crippen LogP contribution in [0.15, 0.2) is 28.6 Å². The summed E-state index contributed by atoms with van der Waals surface area (Å²) in [7, 11) is 0. The summed E-state index contributed by atoms with van der Waals surface area (Å²) >= 11 is 3.15. The predicted molar refractivity (Wildman–Crippen MR) is 116 cm³/mol. The van der Waals surface area contributed by atoms with Crippen LogP contribution in [-0.4, -0.2) is 10.2 Å². The van der Waals surface area contributed by atoms with E-state index in [2.05, 4.69) is 41.4 Å². The van der Waals surface area contributed by atoms with E-state index < -0.39 is 0 Å². The molecule has 2 aromatic rings. The van der Waals surface area contributed by atoms with Gasteiger partial charge in [0.15, 0.2) is 4.34 Å². The average molecular weight is 392 g/mol. The Hall–Kier alpha value is -1.07. The van der Waals surface area contributed by atoms with Gasteiger partial charge in [-0.15, -0.1) is 10.2 Å². The van der Waals surface area contributed by atoms with Crippen LogP contribution in [0.5, 0.6) is 0 Å². The third-order valence-corrected chi connectivity index (χ3v) is 6.58. The molecule has 1 heterocycles. The summed E-state index contributed by atoms with van der Waals surface area (Å²) < 4.78 is 0.942. The maximum Gasteiger partial charge on any atom is 0.203 e. The molecule has 0 bridgehead atoms. The number of nitrogens with zero attached hydrogens (tertiary/aromatic N) is 2. The van der Waals surface area contributed by atoms with Crippen LogP contribution in [0.1, 0.15) is 82.3 Å². The summed E-state index contributed by atoms with van der Waals surface area (Å²) in [6.07, 6.45) is 15.2. The molecule has 2 N–H and O–H groups in total. The van der Waals surface area contributed by atoms with Crippen molar-refractivity contribution in [1.82, 2.24) is 10.2 Å². The van der Waals surface area contributed by atoms with Crippen molar-refractivity contribution in [3.8, 4) is 0 Å². The molecule has 2 rings (SSSR count). The van der Waals surface area contributed by atoms with Crippen molar-refractivity contribution < 1.29 is 0 Å². The van der Waals surface area contributed by atoms with E-state index in [4.69, 9.17) is 5.73 Å². The third kappa shape index (κ3) is 9.04. The van der Waals surface area contributed by atoms with Crippen molar-refractivity contribution in [2.45, 2.75) is 87.6 Å². The van der Waals surface area contributed by atoms with Gasteiger partial charge in [-0.3, -0.25) is 0 Å². The highest BCUT2D eigenvalue weighted by molar-refractivity contribution is 8.00. The Labute approximate surface area is 167 Å². The number of benzene rings is 1. The first-order valence-corrected chi connectivity index (χ1v) is 11.9. The van der Waals surface area contributed by atoms with Gasteiger partial charge in [0.1, 0.15) is 0 Å². The molecule has 1 aromatic carbocycles. The zero-order valence-electron chi connectivity index (χ0n) is 16.1. The number of unbranched alkanes of at least 4 members (excludes halogenated alkanes) is 9. The number of nitrogens with two attached hydrogens (primary N) is 1. The number of hydrogen-bond donors (Lipinski definition) is 1. The molecule has 5 heteroatoms. The largest absolute Gasteiger partial charge is 0.374 e. The molecule has 0 amide bonds. The van der Waals surface area contributed by atoms with Crippen LogP contribution in [0.25, 0.3) is 0 Å². The van der Waals surface area contributed by atoms with Gasteiger partial charge in [0.05, 0.1) is 0 Å². The Kier molecular flexibility index (Phi) is 10.7. The molecule has 0 aliphatic heterocycles. The second-order valence-electron chi connectivity index (χ2n) is 6.94. The Balaban J connectivity index is 1.51.